The molecule has 0 amide bonds. The summed E-state index contributed by atoms with van der Waals surface area (Å²) in [5, 5.41) is 0. The van der Waals surface area contributed by atoms with Gasteiger partial charge in [0.25, 0.3) is 0 Å². The van der Waals surface area contributed by atoms with Crippen LogP contribution in [0.5, 0.6) is 0 Å². The van der Waals surface area contributed by atoms with Gasteiger partial charge in [0.05, 0.1) is 11.4 Å². The lowest BCUT2D eigenvalue weighted by atomic mass is 10.2. The van der Waals surface area contributed by atoms with Gasteiger partial charge in [-0.2, -0.15) is 0 Å². The van der Waals surface area contributed by atoms with Gasteiger partial charge in [-0.15, -0.1) is 11.3 Å². The number of hydrogen-bond donors (Lipinski definition) is 1. The Labute approximate surface area is 96.5 Å². The van der Waals surface area contributed by atoms with Crippen LogP contribution in [0.2, 0.25) is 0 Å². The quantitative estimate of drug-likeness (QED) is 0.831. The van der Waals surface area contributed by atoms with Crippen molar-refractivity contribution in [2.24, 2.45) is 5.73 Å². The Morgan fingerprint density at radius 1 is 1.25 bits per heavy atom. The third kappa shape index (κ3) is 2.03. The largest absolute Gasteiger partial charge is 0.324 e. The summed E-state index contributed by atoms with van der Waals surface area (Å²) >= 11 is 1.26. The van der Waals surface area contributed by atoms with Crippen LogP contribution >= 0.6 is 11.3 Å². The van der Waals surface area contributed by atoms with Crippen molar-refractivity contribution in [2.45, 2.75) is 0 Å². The van der Waals surface area contributed by atoms with E-state index in [1.165, 1.54) is 17.4 Å². The van der Waals surface area contributed by atoms with Gasteiger partial charge in [0.15, 0.2) is 5.78 Å². The maximum absolute atomic E-state index is 13.5. The molecular weight excluding hydrogens is 225 g/mol. The third-order valence-corrected chi connectivity index (χ3v) is 3.37. The molecule has 0 bridgehead atoms. The highest BCUT2D eigenvalue weighted by Crippen LogP contribution is 2.29. The summed E-state index contributed by atoms with van der Waals surface area (Å²) in [4.78, 5) is 12.7. The highest BCUT2D eigenvalue weighted by molar-refractivity contribution is 7.17. The predicted molar refractivity (Wildman–Crippen MR) is 63.1 cm³/mol. The lowest BCUT2D eigenvalue weighted by Crippen LogP contribution is -2.11. The Balaban J connectivity index is 2.39. The normalized spacial score (nSPS) is 10.4. The molecular formula is C12H10FNOS. The van der Waals surface area contributed by atoms with Gasteiger partial charge in [-0.1, -0.05) is 18.2 Å². The number of rotatable bonds is 3. The molecule has 0 saturated carbocycles. The zero-order chi connectivity index (χ0) is 11.5. The summed E-state index contributed by atoms with van der Waals surface area (Å²) < 4.78 is 13.5. The number of ketones is 1. The number of hydrogen-bond acceptors (Lipinski definition) is 3. The lowest BCUT2D eigenvalue weighted by molar-refractivity contribution is 0.100. The number of halogens is 1. The second-order valence-electron chi connectivity index (χ2n) is 3.27. The van der Waals surface area contributed by atoms with E-state index in [0.717, 1.165) is 4.88 Å². The van der Waals surface area contributed by atoms with E-state index in [2.05, 4.69) is 0 Å². The maximum atomic E-state index is 13.5. The molecule has 0 radical (unpaired) electrons. The summed E-state index contributed by atoms with van der Waals surface area (Å²) in [6, 6.07) is 9.92. The van der Waals surface area contributed by atoms with Crippen LogP contribution in [0.25, 0.3) is 10.4 Å². The summed E-state index contributed by atoms with van der Waals surface area (Å²) in [7, 11) is 0. The lowest BCUT2D eigenvalue weighted by Gasteiger charge is -1.98. The Bertz CT molecular complexity index is 521. The van der Waals surface area contributed by atoms with Crippen molar-refractivity contribution in [1.82, 2.24) is 0 Å². The fourth-order valence-corrected chi connectivity index (χ4v) is 2.38. The SMILES string of the molecule is NCC(=O)c1ccc(-c2ccccc2F)s1. The average molecular weight is 235 g/mol. The Kier molecular flexibility index (Phi) is 3.12. The van der Waals surface area contributed by atoms with Gasteiger partial charge in [-0.05, 0) is 18.2 Å². The topological polar surface area (TPSA) is 43.1 Å². The summed E-state index contributed by atoms with van der Waals surface area (Å²) in [6.07, 6.45) is 0. The molecule has 0 spiro atoms. The number of thiophene rings is 1. The average Bonchev–Trinajstić information content (AvgIpc) is 2.78. The molecule has 1 aromatic carbocycles. The first-order valence-electron chi connectivity index (χ1n) is 4.80. The van der Waals surface area contributed by atoms with Crippen LogP contribution in [0.3, 0.4) is 0 Å². The molecule has 0 atom stereocenters. The first-order valence-corrected chi connectivity index (χ1v) is 5.62. The molecule has 0 unspecified atom stereocenters. The highest BCUT2D eigenvalue weighted by Gasteiger charge is 2.10. The molecule has 4 heteroatoms. The first kappa shape index (κ1) is 11.0. The van der Waals surface area contributed by atoms with Crippen molar-refractivity contribution in [3.63, 3.8) is 0 Å². The van der Waals surface area contributed by atoms with Crippen molar-refractivity contribution in [3.8, 4) is 10.4 Å². The van der Waals surface area contributed by atoms with E-state index in [9.17, 15) is 9.18 Å². The van der Waals surface area contributed by atoms with Crippen molar-refractivity contribution in [3.05, 3.63) is 47.1 Å². The molecule has 2 rings (SSSR count). The number of benzene rings is 1. The number of nitrogens with two attached hydrogens (primary N) is 1. The van der Waals surface area contributed by atoms with Gasteiger partial charge in [0.2, 0.25) is 0 Å². The molecule has 82 valence electrons. The van der Waals surface area contributed by atoms with Gasteiger partial charge in [0, 0.05) is 10.4 Å². The summed E-state index contributed by atoms with van der Waals surface area (Å²) in [5.74, 6) is -0.399. The number of Topliss-reactive ketones (excluding diaryl/α,β-unsaturated/α-hetero) is 1. The first-order chi connectivity index (χ1) is 7.72. The fraction of sp³-hybridized carbons (Fsp3) is 0.0833. The second kappa shape index (κ2) is 4.55. The second-order valence-corrected chi connectivity index (χ2v) is 4.35. The molecule has 0 aliphatic carbocycles. The van der Waals surface area contributed by atoms with E-state index in [-0.39, 0.29) is 18.1 Å². The van der Waals surface area contributed by atoms with E-state index in [0.29, 0.717) is 10.4 Å². The number of carbonyl (C=O) groups excluding carboxylic acids is 1. The zero-order valence-corrected chi connectivity index (χ0v) is 9.26. The Hall–Kier alpha value is -1.52. The standard InChI is InChI=1S/C12H10FNOS/c13-9-4-2-1-3-8(9)11-5-6-12(16-11)10(15)7-14/h1-6H,7,14H2. The highest BCUT2D eigenvalue weighted by atomic mass is 32.1. The molecule has 2 N–H and O–H groups in total. The van der Waals surface area contributed by atoms with Crippen molar-refractivity contribution < 1.29 is 9.18 Å². The van der Waals surface area contributed by atoms with Crippen LogP contribution in [-0.2, 0) is 0 Å². The van der Waals surface area contributed by atoms with E-state index in [1.807, 2.05) is 0 Å². The summed E-state index contributed by atoms with van der Waals surface area (Å²) in [5.41, 5.74) is 5.78. The molecule has 1 aromatic heterocycles. The van der Waals surface area contributed by atoms with Crippen LogP contribution in [0.1, 0.15) is 9.67 Å². The monoisotopic (exact) mass is 235 g/mol. The molecule has 2 nitrogen and oxygen atoms in total. The third-order valence-electron chi connectivity index (χ3n) is 2.21. The summed E-state index contributed by atoms with van der Waals surface area (Å²) in [6.45, 7) is -0.0166. The van der Waals surface area contributed by atoms with Crippen LogP contribution < -0.4 is 5.73 Å². The molecule has 2 aromatic rings. The maximum Gasteiger partial charge on any atom is 0.186 e. The van der Waals surface area contributed by atoms with Crippen LogP contribution in [0.4, 0.5) is 4.39 Å². The van der Waals surface area contributed by atoms with Gasteiger partial charge in [0.1, 0.15) is 5.82 Å². The number of carbonyl (C=O) groups is 1. The van der Waals surface area contributed by atoms with Gasteiger partial charge >= 0.3 is 0 Å². The van der Waals surface area contributed by atoms with Crippen molar-refractivity contribution in [2.75, 3.05) is 6.54 Å². The van der Waals surface area contributed by atoms with Crippen LogP contribution in [0, 0.1) is 5.82 Å². The van der Waals surface area contributed by atoms with E-state index < -0.39 is 0 Å². The molecule has 0 aliphatic rings. The van der Waals surface area contributed by atoms with Crippen LogP contribution in [0.15, 0.2) is 36.4 Å². The van der Waals surface area contributed by atoms with Crippen molar-refractivity contribution >= 4 is 17.1 Å². The Morgan fingerprint density at radius 3 is 2.69 bits per heavy atom. The van der Waals surface area contributed by atoms with Gasteiger partial charge < -0.3 is 5.73 Å². The predicted octanol–water partition coefficient (Wildman–Crippen LogP) is 2.70. The van der Waals surface area contributed by atoms with E-state index >= 15 is 0 Å². The molecule has 0 saturated heterocycles. The minimum absolute atomic E-state index is 0.0166. The van der Waals surface area contributed by atoms with Crippen molar-refractivity contribution in [1.29, 1.82) is 0 Å². The molecule has 0 aliphatic heterocycles. The van der Waals surface area contributed by atoms with Gasteiger partial charge in [-0.25, -0.2) is 4.39 Å². The van der Waals surface area contributed by atoms with E-state index in [1.54, 1.807) is 30.3 Å². The molecule has 0 fully saturated rings. The minimum Gasteiger partial charge on any atom is -0.324 e. The fourth-order valence-electron chi connectivity index (χ4n) is 1.39. The van der Waals surface area contributed by atoms with Gasteiger partial charge in [-0.3, -0.25) is 4.79 Å². The molecule has 1 heterocycles. The zero-order valence-electron chi connectivity index (χ0n) is 8.44. The minimum atomic E-state index is -0.281. The molecule has 16 heavy (non-hydrogen) atoms. The Morgan fingerprint density at radius 2 is 2.00 bits per heavy atom. The smallest absolute Gasteiger partial charge is 0.186 e. The van der Waals surface area contributed by atoms with Crippen LogP contribution in [-0.4, -0.2) is 12.3 Å². The van der Waals surface area contributed by atoms with E-state index in [4.69, 9.17) is 5.73 Å².